The highest BCUT2D eigenvalue weighted by atomic mass is 32.1. The molecular weight excluding hydrogens is 470 g/mol. The van der Waals surface area contributed by atoms with Crippen LogP contribution in [0.2, 0.25) is 0 Å². The molecule has 0 saturated heterocycles. The zero-order chi connectivity index (χ0) is 23.8. The molecule has 0 bridgehead atoms. The molecule has 178 valence electrons. The minimum absolute atomic E-state index is 0.0124. The third-order valence-corrected chi connectivity index (χ3v) is 8.12. The van der Waals surface area contributed by atoms with Gasteiger partial charge in [0.25, 0.3) is 0 Å². The summed E-state index contributed by atoms with van der Waals surface area (Å²) in [5.41, 5.74) is 2.87. The predicted octanol–water partition coefficient (Wildman–Crippen LogP) is 3.57. The zero-order valence-electron chi connectivity index (χ0n) is 19.7. The molecule has 34 heavy (non-hydrogen) atoms. The molecule has 3 heterocycles. The monoisotopic (exact) mass is 497 g/mol. The Labute approximate surface area is 205 Å². The number of carbonyl (C=O) groups excluding carboxylic acids is 1. The van der Waals surface area contributed by atoms with Gasteiger partial charge in [0.15, 0.2) is 0 Å². The lowest BCUT2D eigenvalue weighted by molar-refractivity contribution is -0.134. The van der Waals surface area contributed by atoms with Crippen molar-refractivity contribution in [1.82, 2.24) is 29.4 Å². The maximum Gasteiger partial charge on any atom is 0.225 e. The van der Waals surface area contributed by atoms with Crippen LogP contribution in [-0.2, 0) is 17.6 Å². The molecule has 11 heteroatoms. The van der Waals surface area contributed by atoms with E-state index in [9.17, 15) is 4.79 Å². The van der Waals surface area contributed by atoms with Crippen molar-refractivity contribution in [3.8, 4) is 5.75 Å². The summed E-state index contributed by atoms with van der Waals surface area (Å²) in [5, 5.41) is 8.64. The summed E-state index contributed by atoms with van der Waals surface area (Å²) in [6.45, 7) is 1.60. The van der Waals surface area contributed by atoms with Gasteiger partial charge in [-0.1, -0.05) is 4.49 Å². The smallest absolute Gasteiger partial charge is 0.225 e. The molecule has 3 aromatic heterocycles. The molecule has 0 radical (unpaired) electrons. The molecule has 5 rings (SSSR count). The SMILES string of the molecule is COc1cc2nnsc2cc1Nc1ncnc2sc3c(c12)CC[C@H](C(=O)N(C)CCN(C)C)C3. The van der Waals surface area contributed by atoms with Gasteiger partial charge in [-0.3, -0.25) is 4.79 Å². The average Bonchev–Trinajstić information content (AvgIpc) is 3.45. The van der Waals surface area contributed by atoms with Crippen LogP contribution in [0.25, 0.3) is 20.4 Å². The molecule has 4 aromatic rings. The number of amides is 1. The van der Waals surface area contributed by atoms with Crippen molar-refractivity contribution >= 4 is 60.7 Å². The lowest BCUT2D eigenvalue weighted by Crippen LogP contribution is -2.39. The Balaban J connectivity index is 1.43. The Morgan fingerprint density at radius 3 is 2.88 bits per heavy atom. The Morgan fingerprint density at radius 2 is 2.09 bits per heavy atom. The molecule has 1 aliphatic rings. The Bertz CT molecular complexity index is 1350. The number of rotatable bonds is 7. The van der Waals surface area contributed by atoms with E-state index in [1.165, 1.54) is 22.0 Å². The standard InChI is InChI=1S/C23H27N7O2S2/c1-29(2)7-8-30(3)23(31)13-5-6-14-18(9-13)33-22-20(14)21(24-12-25-22)26-15-11-19-16(27-28-34-19)10-17(15)32-4/h10-13H,5-9H2,1-4H3,(H,24,25,26)/t13-/m0/s1. The summed E-state index contributed by atoms with van der Waals surface area (Å²) in [6.07, 6.45) is 4.01. The second kappa shape index (κ2) is 9.40. The molecule has 1 atom stereocenters. The Hall–Kier alpha value is -2.89. The molecule has 1 aromatic carbocycles. The molecule has 0 aliphatic heterocycles. The van der Waals surface area contributed by atoms with Gasteiger partial charge in [0, 0.05) is 37.0 Å². The number of thiophene rings is 1. The second-order valence-corrected chi connectivity index (χ2v) is 10.7. The van der Waals surface area contributed by atoms with Crippen LogP contribution in [0.1, 0.15) is 16.9 Å². The van der Waals surface area contributed by atoms with E-state index < -0.39 is 0 Å². The third-order valence-electron chi connectivity index (χ3n) is 6.28. The fraction of sp³-hybridized carbons (Fsp3) is 0.435. The maximum absolute atomic E-state index is 13.0. The number of methoxy groups -OCH3 is 1. The van der Waals surface area contributed by atoms with Gasteiger partial charge >= 0.3 is 0 Å². The van der Waals surface area contributed by atoms with Gasteiger partial charge in [0.2, 0.25) is 5.91 Å². The molecule has 0 unspecified atom stereocenters. The number of aromatic nitrogens is 4. The number of anilines is 2. The number of fused-ring (bicyclic) bond motifs is 4. The summed E-state index contributed by atoms with van der Waals surface area (Å²) in [5.74, 6) is 1.68. The molecule has 1 amide bonds. The van der Waals surface area contributed by atoms with Crippen LogP contribution >= 0.6 is 22.9 Å². The minimum Gasteiger partial charge on any atom is -0.494 e. The number of nitrogens with one attached hydrogen (secondary N) is 1. The fourth-order valence-corrected chi connectivity index (χ4v) is 6.24. The molecular formula is C23H27N7O2S2. The maximum atomic E-state index is 13.0. The number of carbonyl (C=O) groups is 1. The summed E-state index contributed by atoms with van der Waals surface area (Å²) in [6, 6.07) is 3.87. The first-order valence-corrected chi connectivity index (χ1v) is 12.8. The van der Waals surface area contributed by atoms with Gasteiger partial charge in [-0.05, 0) is 56.5 Å². The highest BCUT2D eigenvalue weighted by Crippen LogP contribution is 2.42. The highest BCUT2D eigenvalue weighted by molar-refractivity contribution is 7.19. The molecule has 1 aliphatic carbocycles. The van der Waals surface area contributed by atoms with Crippen LogP contribution in [0.3, 0.4) is 0 Å². The van der Waals surface area contributed by atoms with Crippen molar-refractivity contribution in [1.29, 1.82) is 0 Å². The number of benzene rings is 1. The van der Waals surface area contributed by atoms with Gasteiger partial charge in [0.1, 0.15) is 28.2 Å². The third kappa shape index (κ3) is 4.30. The lowest BCUT2D eigenvalue weighted by atomic mass is 9.87. The van der Waals surface area contributed by atoms with Crippen molar-refractivity contribution in [3.05, 3.63) is 28.9 Å². The minimum atomic E-state index is 0.0124. The quantitative estimate of drug-likeness (QED) is 0.414. The average molecular weight is 498 g/mol. The molecule has 1 N–H and O–H groups in total. The van der Waals surface area contributed by atoms with Crippen molar-refractivity contribution in [3.63, 3.8) is 0 Å². The van der Waals surface area contributed by atoms with Crippen molar-refractivity contribution < 1.29 is 9.53 Å². The van der Waals surface area contributed by atoms with E-state index in [4.69, 9.17) is 4.74 Å². The molecule has 9 nitrogen and oxygen atoms in total. The van der Waals surface area contributed by atoms with Crippen LogP contribution in [0, 0.1) is 5.92 Å². The number of ether oxygens (including phenoxy) is 1. The number of hydrogen-bond donors (Lipinski definition) is 1. The summed E-state index contributed by atoms with van der Waals surface area (Å²) in [7, 11) is 7.59. The Morgan fingerprint density at radius 1 is 1.24 bits per heavy atom. The predicted molar refractivity (Wildman–Crippen MR) is 136 cm³/mol. The van der Waals surface area contributed by atoms with Crippen LogP contribution in [0.15, 0.2) is 18.5 Å². The highest BCUT2D eigenvalue weighted by Gasteiger charge is 2.30. The van der Waals surface area contributed by atoms with Gasteiger partial charge < -0.3 is 19.9 Å². The molecule has 0 spiro atoms. The topological polar surface area (TPSA) is 96.4 Å². The number of hydrogen-bond acceptors (Lipinski definition) is 10. The first-order valence-electron chi connectivity index (χ1n) is 11.2. The van der Waals surface area contributed by atoms with E-state index in [2.05, 4.69) is 29.8 Å². The Kier molecular flexibility index (Phi) is 6.32. The van der Waals surface area contributed by atoms with E-state index in [-0.39, 0.29) is 11.8 Å². The van der Waals surface area contributed by atoms with Gasteiger partial charge in [-0.25, -0.2) is 9.97 Å². The largest absolute Gasteiger partial charge is 0.494 e. The number of likely N-dealkylation sites (N-methyl/N-ethyl adjacent to an activating group) is 2. The van der Waals surface area contributed by atoms with Crippen molar-refractivity contribution in [2.24, 2.45) is 5.92 Å². The summed E-state index contributed by atoms with van der Waals surface area (Å²) < 4.78 is 10.6. The van der Waals surface area contributed by atoms with Crippen molar-refractivity contribution in [2.45, 2.75) is 19.3 Å². The first kappa shape index (κ1) is 22.9. The second-order valence-electron chi connectivity index (χ2n) is 8.83. The lowest BCUT2D eigenvalue weighted by Gasteiger charge is -2.27. The van der Waals surface area contributed by atoms with Crippen LogP contribution in [0.4, 0.5) is 11.5 Å². The van der Waals surface area contributed by atoms with Crippen LogP contribution < -0.4 is 10.1 Å². The number of nitrogens with zero attached hydrogens (tertiary/aromatic N) is 6. The van der Waals surface area contributed by atoms with Crippen molar-refractivity contribution in [2.75, 3.05) is 46.7 Å². The summed E-state index contributed by atoms with van der Waals surface area (Å²) >= 11 is 3.01. The molecule has 0 fully saturated rings. The van der Waals surface area contributed by atoms with E-state index in [1.54, 1.807) is 24.8 Å². The van der Waals surface area contributed by atoms with Crippen LogP contribution in [0.5, 0.6) is 5.75 Å². The van der Waals surface area contributed by atoms with E-state index in [0.717, 1.165) is 64.3 Å². The fourth-order valence-electron chi connectivity index (χ4n) is 4.39. The zero-order valence-corrected chi connectivity index (χ0v) is 21.3. The van der Waals surface area contributed by atoms with E-state index in [1.807, 2.05) is 38.2 Å². The van der Waals surface area contributed by atoms with Gasteiger partial charge in [-0.2, -0.15) is 0 Å². The van der Waals surface area contributed by atoms with E-state index in [0.29, 0.717) is 5.75 Å². The number of aryl methyl sites for hydroxylation is 1. The molecule has 0 saturated carbocycles. The summed E-state index contributed by atoms with van der Waals surface area (Å²) in [4.78, 5) is 28.3. The van der Waals surface area contributed by atoms with Crippen LogP contribution in [-0.4, -0.2) is 76.6 Å². The van der Waals surface area contributed by atoms with Gasteiger partial charge in [-0.15, -0.1) is 16.4 Å². The van der Waals surface area contributed by atoms with Gasteiger partial charge in [0.05, 0.1) is 22.9 Å². The normalized spacial score (nSPS) is 15.6. The first-order chi connectivity index (χ1) is 16.4. The van der Waals surface area contributed by atoms with E-state index >= 15 is 0 Å².